The van der Waals surface area contributed by atoms with Gasteiger partial charge in [0.15, 0.2) is 0 Å². The van der Waals surface area contributed by atoms with Crippen LogP contribution >= 0.6 is 0 Å². The highest BCUT2D eigenvalue weighted by atomic mass is 16.6. The second-order valence-electron chi connectivity index (χ2n) is 5.14. The summed E-state index contributed by atoms with van der Waals surface area (Å²) in [5, 5.41) is 20.9. The first-order valence-electron chi connectivity index (χ1n) is 7.29. The third-order valence-corrected chi connectivity index (χ3v) is 3.38. The molecule has 0 amide bonds. The number of benzene rings is 2. The number of nitrogens with zero attached hydrogens (tertiary/aromatic N) is 4. The smallest absolute Gasteiger partial charge is 0.270 e. The van der Waals surface area contributed by atoms with Crippen molar-refractivity contribution in [3.63, 3.8) is 0 Å². The minimum absolute atomic E-state index is 0.0355. The van der Waals surface area contributed by atoms with Crippen molar-refractivity contribution >= 4 is 34.7 Å². The molecule has 0 radical (unpaired) electrons. The third kappa shape index (κ3) is 3.53. The van der Waals surface area contributed by atoms with E-state index in [0.717, 1.165) is 18.3 Å². The van der Waals surface area contributed by atoms with Crippen LogP contribution in [0.2, 0.25) is 0 Å². The first-order chi connectivity index (χ1) is 12.4. The molecule has 3 rings (SSSR count). The van der Waals surface area contributed by atoms with Crippen molar-refractivity contribution in [2.45, 2.75) is 0 Å². The Bertz CT molecular complexity index is 1120. The number of nitrogens with one attached hydrogen (secondary N) is 1. The normalized spacial score (nSPS) is 11.9. The van der Waals surface area contributed by atoms with E-state index in [-0.39, 0.29) is 34.5 Å². The summed E-state index contributed by atoms with van der Waals surface area (Å²) in [4.78, 5) is 36.5. The van der Waals surface area contributed by atoms with Gasteiger partial charge >= 0.3 is 0 Å². The number of aromatic nitrogens is 2. The summed E-state index contributed by atoms with van der Waals surface area (Å²) in [5.74, 6) is -0.495. The number of hydrogen-bond acceptors (Lipinski definition) is 6. The molecule has 0 aliphatic rings. The molecule has 0 atom stereocenters. The van der Waals surface area contributed by atoms with Crippen LogP contribution in [0.1, 0.15) is 5.56 Å². The van der Waals surface area contributed by atoms with Gasteiger partial charge in [-0.2, -0.15) is 4.99 Å². The van der Waals surface area contributed by atoms with Gasteiger partial charge in [-0.05, 0) is 18.2 Å². The Balaban J connectivity index is 1.91. The monoisotopic (exact) mass is 352 g/mol. The largest absolute Gasteiger partial charge is 0.507 e. The Morgan fingerprint density at radius 1 is 1.31 bits per heavy atom. The number of para-hydroxylation sites is 1. The van der Waals surface area contributed by atoms with Gasteiger partial charge in [0.25, 0.3) is 11.2 Å². The van der Waals surface area contributed by atoms with Crippen molar-refractivity contribution in [1.82, 2.24) is 9.97 Å². The number of phenolic OH excluding ortho intramolecular Hbond substituents is 1. The molecule has 26 heavy (non-hydrogen) atoms. The van der Waals surface area contributed by atoms with Crippen LogP contribution in [-0.2, 0) is 0 Å². The number of H-pyrrole nitrogens is 1. The number of nitrogens with two attached hydrogens (primary N) is 1. The van der Waals surface area contributed by atoms with Crippen molar-refractivity contribution in [2.75, 3.05) is 0 Å². The maximum absolute atomic E-state index is 12.0. The first-order valence-corrected chi connectivity index (χ1v) is 7.29. The van der Waals surface area contributed by atoms with E-state index >= 15 is 0 Å². The minimum atomic E-state index is -0.599. The summed E-state index contributed by atoms with van der Waals surface area (Å²) < 4.78 is 0. The molecule has 0 unspecified atom stereocenters. The molecule has 1 heterocycles. The van der Waals surface area contributed by atoms with Gasteiger partial charge in [-0.1, -0.05) is 12.1 Å². The van der Waals surface area contributed by atoms with E-state index in [0.29, 0.717) is 10.9 Å². The Morgan fingerprint density at radius 3 is 2.85 bits per heavy atom. The van der Waals surface area contributed by atoms with E-state index in [1.165, 1.54) is 6.07 Å². The zero-order valence-electron chi connectivity index (χ0n) is 13.2. The Hall–Kier alpha value is -4.08. The summed E-state index contributed by atoms with van der Waals surface area (Å²) in [6, 6.07) is 10.2. The molecule has 10 nitrogen and oxygen atoms in total. The number of aromatic hydroxyl groups is 1. The number of aromatic amines is 1. The highest BCUT2D eigenvalue weighted by Crippen LogP contribution is 2.21. The van der Waals surface area contributed by atoms with Crippen LogP contribution in [0.15, 0.2) is 57.2 Å². The van der Waals surface area contributed by atoms with Crippen molar-refractivity contribution in [3.05, 3.63) is 68.5 Å². The van der Waals surface area contributed by atoms with Crippen molar-refractivity contribution in [3.8, 4) is 5.75 Å². The fourth-order valence-corrected chi connectivity index (χ4v) is 2.16. The molecular weight excluding hydrogens is 340 g/mol. The molecule has 3 aromatic rings. The number of aliphatic imine (C=N–C) groups is 2. The lowest BCUT2D eigenvalue weighted by atomic mass is 10.2. The Morgan fingerprint density at radius 2 is 2.08 bits per heavy atom. The number of non-ortho nitro benzene ring substituents is 1. The summed E-state index contributed by atoms with van der Waals surface area (Å²) in [5.41, 5.74) is 5.63. The molecule has 0 saturated heterocycles. The van der Waals surface area contributed by atoms with Crippen LogP contribution in [0.4, 0.5) is 11.6 Å². The summed E-state index contributed by atoms with van der Waals surface area (Å²) in [6.45, 7) is 0. The van der Waals surface area contributed by atoms with Crippen molar-refractivity contribution in [2.24, 2.45) is 15.7 Å². The highest BCUT2D eigenvalue weighted by molar-refractivity contribution is 5.95. The summed E-state index contributed by atoms with van der Waals surface area (Å²) in [6.07, 6.45) is 1.13. The number of nitro benzene ring substituents is 1. The van der Waals surface area contributed by atoms with Gasteiger partial charge in [-0.15, -0.1) is 0 Å². The number of phenols is 1. The minimum Gasteiger partial charge on any atom is -0.507 e. The van der Waals surface area contributed by atoms with Crippen molar-refractivity contribution in [1.29, 1.82) is 0 Å². The van der Waals surface area contributed by atoms with E-state index < -0.39 is 4.92 Å². The fourth-order valence-electron chi connectivity index (χ4n) is 2.16. The van der Waals surface area contributed by atoms with Gasteiger partial charge < -0.3 is 10.8 Å². The predicted molar refractivity (Wildman–Crippen MR) is 96.0 cm³/mol. The van der Waals surface area contributed by atoms with Gasteiger partial charge in [-0.25, -0.2) is 9.98 Å². The quantitative estimate of drug-likeness (QED) is 0.281. The molecule has 1 aromatic heterocycles. The molecule has 0 bridgehead atoms. The van der Waals surface area contributed by atoms with Crippen LogP contribution in [-0.4, -0.2) is 32.2 Å². The third-order valence-electron chi connectivity index (χ3n) is 3.38. The van der Waals surface area contributed by atoms with Crippen LogP contribution in [0.25, 0.3) is 10.9 Å². The number of nitro groups is 1. The Labute approximate surface area is 145 Å². The predicted octanol–water partition coefficient (Wildman–Crippen LogP) is 1.60. The fraction of sp³-hybridized carbons (Fsp3) is 0. The van der Waals surface area contributed by atoms with Crippen LogP contribution < -0.4 is 11.3 Å². The van der Waals surface area contributed by atoms with Gasteiger partial charge in [0, 0.05) is 23.9 Å². The average Bonchev–Trinajstić information content (AvgIpc) is 2.61. The molecular formula is C16H12N6O4. The molecule has 130 valence electrons. The van der Waals surface area contributed by atoms with E-state index in [9.17, 15) is 20.0 Å². The SMILES string of the molecule is NC(N=Cc1cc([N+](=O)[O-])ccc1O)=Nc1nc2ccccc2c(=O)[nH]1. The lowest BCUT2D eigenvalue weighted by Gasteiger charge is -2.00. The van der Waals surface area contributed by atoms with Crippen LogP contribution in [0.5, 0.6) is 5.75 Å². The van der Waals surface area contributed by atoms with E-state index in [1.807, 2.05) is 0 Å². The first kappa shape index (κ1) is 16.8. The zero-order chi connectivity index (χ0) is 18.7. The van der Waals surface area contributed by atoms with Crippen LogP contribution in [0.3, 0.4) is 0 Å². The number of hydrogen-bond donors (Lipinski definition) is 3. The van der Waals surface area contributed by atoms with E-state index in [2.05, 4.69) is 20.0 Å². The lowest BCUT2D eigenvalue weighted by Crippen LogP contribution is -2.11. The van der Waals surface area contributed by atoms with Crippen molar-refractivity contribution < 1.29 is 10.0 Å². The average molecular weight is 352 g/mol. The van der Waals surface area contributed by atoms with E-state index in [1.54, 1.807) is 24.3 Å². The topological polar surface area (TPSA) is 160 Å². The number of guanidine groups is 1. The molecule has 2 aromatic carbocycles. The maximum Gasteiger partial charge on any atom is 0.270 e. The maximum atomic E-state index is 12.0. The molecule has 0 aliphatic carbocycles. The van der Waals surface area contributed by atoms with Gasteiger partial charge in [0.1, 0.15) is 5.75 Å². The molecule has 0 spiro atoms. The highest BCUT2D eigenvalue weighted by Gasteiger charge is 2.09. The molecule has 10 heteroatoms. The van der Waals surface area contributed by atoms with Gasteiger partial charge in [0.2, 0.25) is 11.9 Å². The zero-order valence-corrected chi connectivity index (χ0v) is 13.2. The number of fused-ring (bicyclic) bond motifs is 1. The summed E-state index contributed by atoms with van der Waals surface area (Å²) in [7, 11) is 0. The van der Waals surface area contributed by atoms with Gasteiger partial charge in [-0.3, -0.25) is 19.9 Å². The molecule has 0 saturated carbocycles. The van der Waals surface area contributed by atoms with E-state index in [4.69, 9.17) is 5.73 Å². The number of rotatable bonds is 3. The second kappa shape index (κ2) is 6.81. The standard InChI is InChI=1S/C16H12N6O4/c17-15(18-8-9-7-10(22(25)26)5-6-13(9)23)21-16-19-12-4-2-1-3-11(12)14(24)20-16/h1-8,23H,(H3,17,19,20,21,24). The molecule has 0 aliphatic heterocycles. The second-order valence-corrected chi connectivity index (χ2v) is 5.14. The van der Waals surface area contributed by atoms with Gasteiger partial charge in [0.05, 0.1) is 15.8 Å². The lowest BCUT2D eigenvalue weighted by molar-refractivity contribution is -0.384. The summed E-state index contributed by atoms with van der Waals surface area (Å²) >= 11 is 0. The molecule has 4 N–H and O–H groups in total. The molecule has 0 fully saturated rings. The van der Waals surface area contributed by atoms with Crippen LogP contribution in [0, 0.1) is 10.1 Å². The Kier molecular flexibility index (Phi) is 4.39.